The van der Waals surface area contributed by atoms with Crippen molar-refractivity contribution in [1.29, 1.82) is 0 Å². The molecule has 0 amide bonds. The monoisotopic (exact) mass is 324 g/mol. The van der Waals surface area contributed by atoms with Crippen LogP contribution in [-0.2, 0) is 13.5 Å². The van der Waals surface area contributed by atoms with Crippen molar-refractivity contribution >= 4 is 10.9 Å². The van der Waals surface area contributed by atoms with E-state index in [0.717, 1.165) is 19.4 Å². The second-order valence-corrected chi connectivity index (χ2v) is 7.64. The molecule has 5 heterocycles. The zero-order valence-electron chi connectivity index (χ0n) is 14.2. The van der Waals surface area contributed by atoms with E-state index in [4.69, 9.17) is 0 Å². The summed E-state index contributed by atoms with van der Waals surface area (Å²) >= 11 is 0. The number of aromatic hydroxyl groups is 1. The summed E-state index contributed by atoms with van der Waals surface area (Å²) in [6, 6.07) is 6.58. The zero-order chi connectivity index (χ0) is 16.6. The van der Waals surface area contributed by atoms with Crippen LogP contribution in [0.4, 0.5) is 0 Å². The SMILES string of the molecule is C/C=C1/CN2[C@H]3C[C@@H]1[C@@H](CO)[C@@H]2Cc1c3n(C)c2ccc(O)cc12. The number of hydrogen-bond donors (Lipinski definition) is 2. The van der Waals surface area contributed by atoms with Crippen LogP contribution < -0.4 is 0 Å². The molecular weight excluding hydrogens is 300 g/mol. The molecule has 126 valence electrons. The van der Waals surface area contributed by atoms with Crippen molar-refractivity contribution in [3.05, 3.63) is 41.1 Å². The highest BCUT2D eigenvalue weighted by molar-refractivity contribution is 5.87. The van der Waals surface area contributed by atoms with E-state index in [1.54, 1.807) is 6.07 Å². The number of allylic oxidation sites excluding steroid dienone is 1. The topological polar surface area (TPSA) is 48.6 Å². The van der Waals surface area contributed by atoms with E-state index >= 15 is 0 Å². The van der Waals surface area contributed by atoms with Crippen LogP contribution in [0.15, 0.2) is 29.8 Å². The van der Waals surface area contributed by atoms with Crippen LogP contribution >= 0.6 is 0 Å². The molecule has 4 bridgehead atoms. The number of aromatic nitrogens is 1. The highest BCUT2D eigenvalue weighted by atomic mass is 16.3. The predicted molar refractivity (Wildman–Crippen MR) is 94.0 cm³/mol. The Labute approximate surface area is 142 Å². The van der Waals surface area contributed by atoms with Gasteiger partial charge in [-0.2, -0.15) is 0 Å². The Morgan fingerprint density at radius 2 is 2.17 bits per heavy atom. The molecule has 0 aliphatic carbocycles. The molecule has 1 aromatic heterocycles. The fourth-order valence-electron chi connectivity index (χ4n) is 5.75. The summed E-state index contributed by atoms with van der Waals surface area (Å²) in [6.07, 6.45) is 4.34. The van der Waals surface area contributed by atoms with Crippen molar-refractivity contribution in [2.75, 3.05) is 13.2 Å². The third-order valence-corrected chi connectivity index (χ3v) is 6.80. The van der Waals surface area contributed by atoms with Gasteiger partial charge >= 0.3 is 0 Å². The summed E-state index contributed by atoms with van der Waals surface area (Å²) in [5, 5.41) is 21.2. The Morgan fingerprint density at radius 3 is 2.92 bits per heavy atom. The summed E-state index contributed by atoms with van der Waals surface area (Å²) in [7, 11) is 2.15. The lowest BCUT2D eigenvalue weighted by atomic mass is 9.64. The van der Waals surface area contributed by atoms with Crippen molar-refractivity contribution in [2.45, 2.75) is 31.8 Å². The normalized spacial score (nSPS) is 35.6. The van der Waals surface area contributed by atoms with E-state index in [9.17, 15) is 10.2 Å². The molecule has 3 saturated heterocycles. The fourth-order valence-corrected chi connectivity index (χ4v) is 5.75. The summed E-state index contributed by atoms with van der Waals surface area (Å²) in [6.45, 7) is 3.44. The third-order valence-electron chi connectivity index (χ3n) is 6.80. The van der Waals surface area contributed by atoms with Crippen LogP contribution in [0.25, 0.3) is 10.9 Å². The Balaban J connectivity index is 1.72. The summed E-state index contributed by atoms with van der Waals surface area (Å²) in [5.74, 6) is 1.19. The number of benzene rings is 1. The van der Waals surface area contributed by atoms with Gasteiger partial charge in [-0.3, -0.25) is 4.90 Å². The van der Waals surface area contributed by atoms with Crippen molar-refractivity contribution < 1.29 is 10.2 Å². The van der Waals surface area contributed by atoms with Crippen LogP contribution in [0.1, 0.15) is 30.6 Å². The molecule has 3 fully saturated rings. The summed E-state index contributed by atoms with van der Waals surface area (Å²) < 4.78 is 2.33. The number of piperidine rings is 3. The molecule has 0 saturated carbocycles. The molecular formula is C20H24N2O2. The molecule has 4 nitrogen and oxygen atoms in total. The first-order valence-electron chi connectivity index (χ1n) is 8.96. The Morgan fingerprint density at radius 1 is 1.33 bits per heavy atom. The van der Waals surface area contributed by atoms with Crippen molar-refractivity contribution in [1.82, 2.24) is 9.47 Å². The lowest BCUT2D eigenvalue weighted by molar-refractivity contribution is -0.0513. The van der Waals surface area contributed by atoms with Crippen LogP contribution in [-0.4, -0.2) is 38.9 Å². The summed E-state index contributed by atoms with van der Waals surface area (Å²) in [5.41, 5.74) is 5.51. The number of phenolic OH excluding ortho intramolecular Hbond substituents is 1. The van der Waals surface area contributed by atoms with Gasteiger partial charge in [0, 0.05) is 48.8 Å². The first-order chi connectivity index (χ1) is 11.6. The van der Waals surface area contributed by atoms with E-state index in [-0.39, 0.29) is 6.61 Å². The largest absolute Gasteiger partial charge is 0.508 e. The lowest BCUT2D eigenvalue weighted by Crippen LogP contribution is -2.61. The van der Waals surface area contributed by atoms with Gasteiger partial charge in [-0.05, 0) is 49.4 Å². The lowest BCUT2D eigenvalue weighted by Gasteiger charge is -2.58. The van der Waals surface area contributed by atoms with Crippen LogP contribution in [0.5, 0.6) is 5.75 Å². The van der Waals surface area contributed by atoms with E-state index in [2.05, 4.69) is 29.5 Å². The minimum atomic E-state index is 0.265. The van der Waals surface area contributed by atoms with E-state index < -0.39 is 0 Å². The first kappa shape index (κ1) is 14.6. The number of aliphatic hydroxyl groups is 1. The van der Waals surface area contributed by atoms with Crippen LogP contribution in [0.2, 0.25) is 0 Å². The van der Waals surface area contributed by atoms with Gasteiger partial charge < -0.3 is 14.8 Å². The van der Waals surface area contributed by atoms with E-state index in [1.807, 2.05) is 12.1 Å². The standard InChI is InChI=1S/C20H24N2O2/c1-3-11-9-22-18-8-15-14-6-12(24)4-5-17(14)21(2)20(15)19(22)7-13(11)16(18)10-23/h3-6,13,16,18-19,23-24H,7-10H2,1-2H3/b11-3-/t13-,16+,18-,19-/m0/s1. The highest BCUT2D eigenvalue weighted by Gasteiger charge is 2.52. The van der Waals surface area contributed by atoms with Gasteiger partial charge in [-0.25, -0.2) is 0 Å². The van der Waals surface area contributed by atoms with Crippen LogP contribution in [0, 0.1) is 11.8 Å². The smallest absolute Gasteiger partial charge is 0.116 e. The van der Waals surface area contributed by atoms with Crippen LogP contribution in [0.3, 0.4) is 0 Å². The highest BCUT2D eigenvalue weighted by Crippen LogP contribution is 2.54. The molecule has 4 heteroatoms. The van der Waals surface area contributed by atoms with Gasteiger partial charge in [0.2, 0.25) is 0 Å². The predicted octanol–water partition coefficient (Wildman–Crippen LogP) is 2.74. The molecule has 4 aliphatic rings. The van der Waals surface area contributed by atoms with E-state index in [0.29, 0.717) is 29.7 Å². The quantitative estimate of drug-likeness (QED) is 0.793. The second-order valence-electron chi connectivity index (χ2n) is 7.64. The molecule has 5 atom stereocenters. The fraction of sp³-hybridized carbons (Fsp3) is 0.500. The van der Waals surface area contributed by atoms with Crippen molar-refractivity contribution in [3.63, 3.8) is 0 Å². The number of hydrogen-bond acceptors (Lipinski definition) is 3. The van der Waals surface area contributed by atoms with Gasteiger partial charge in [-0.1, -0.05) is 11.6 Å². The molecule has 0 spiro atoms. The maximum Gasteiger partial charge on any atom is 0.116 e. The number of fused-ring (bicyclic) bond motifs is 4. The van der Waals surface area contributed by atoms with Gasteiger partial charge in [0.15, 0.2) is 0 Å². The minimum absolute atomic E-state index is 0.265. The average Bonchev–Trinajstić information content (AvgIpc) is 2.86. The zero-order valence-corrected chi connectivity index (χ0v) is 14.2. The molecule has 6 rings (SSSR count). The molecule has 4 aliphatic heterocycles. The first-order valence-corrected chi connectivity index (χ1v) is 8.96. The van der Waals surface area contributed by atoms with Gasteiger partial charge in [-0.15, -0.1) is 0 Å². The number of nitrogens with zero attached hydrogens (tertiary/aromatic N) is 2. The average molecular weight is 324 g/mol. The van der Waals surface area contributed by atoms with E-state index in [1.165, 1.54) is 27.7 Å². The maximum absolute atomic E-state index is 10.0. The van der Waals surface area contributed by atoms with Crippen molar-refractivity contribution in [3.8, 4) is 5.75 Å². The third kappa shape index (κ3) is 1.65. The number of phenols is 1. The number of aliphatic hydroxyl groups excluding tert-OH is 1. The van der Waals surface area contributed by atoms with Gasteiger partial charge in [0.1, 0.15) is 5.75 Å². The Kier molecular flexibility index (Phi) is 2.95. The number of rotatable bonds is 1. The minimum Gasteiger partial charge on any atom is -0.508 e. The van der Waals surface area contributed by atoms with Gasteiger partial charge in [0.25, 0.3) is 0 Å². The Bertz CT molecular complexity index is 866. The molecule has 1 unspecified atom stereocenters. The molecule has 2 N–H and O–H groups in total. The maximum atomic E-state index is 10.0. The Hall–Kier alpha value is -1.78. The second kappa shape index (κ2) is 4.87. The molecule has 24 heavy (non-hydrogen) atoms. The van der Waals surface area contributed by atoms with Crippen molar-refractivity contribution in [2.24, 2.45) is 18.9 Å². The molecule has 0 radical (unpaired) electrons. The van der Waals surface area contributed by atoms with Gasteiger partial charge in [0.05, 0.1) is 6.04 Å². The summed E-state index contributed by atoms with van der Waals surface area (Å²) in [4.78, 5) is 2.62. The number of aryl methyl sites for hydroxylation is 1. The molecule has 2 aromatic rings. The molecule has 1 aromatic carbocycles.